The Balaban J connectivity index is 2.73. The number of pyridine rings is 1. The number of anilines is 1. The predicted octanol–water partition coefficient (Wildman–Crippen LogP) is 0.188. The van der Waals surface area contributed by atoms with E-state index >= 15 is 0 Å². The molecule has 15 heavy (non-hydrogen) atoms. The molecule has 0 bridgehead atoms. The highest BCUT2D eigenvalue weighted by molar-refractivity contribution is 5.93. The number of carbonyl (C=O) groups excluding carboxylic acids is 1. The Morgan fingerprint density at radius 3 is 2.80 bits per heavy atom. The van der Waals surface area contributed by atoms with Gasteiger partial charge in [-0.15, -0.1) is 0 Å². The van der Waals surface area contributed by atoms with Crippen molar-refractivity contribution in [3.05, 3.63) is 23.9 Å². The Morgan fingerprint density at radius 2 is 2.33 bits per heavy atom. The number of likely N-dealkylation sites (N-methyl/N-ethyl adjacent to an activating group) is 1. The van der Waals surface area contributed by atoms with E-state index in [1.165, 1.54) is 11.1 Å². The molecule has 0 atom stereocenters. The van der Waals surface area contributed by atoms with Crippen LogP contribution < -0.4 is 5.32 Å². The van der Waals surface area contributed by atoms with Gasteiger partial charge in [-0.2, -0.15) is 0 Å². The van der Waals surface area contributed by atoms with Crippen LogP contribution in [0.2, 0.25) is 0 Å². The van der Waals surface area contributed by atoms with Crippen molar-refractivity contribution in [2.24, 2.45) is 0 Å². The first-order valence-electron chi connectivity index (χ1n) is 4.69. The molecular weight excluding hydrogens is 194 g/mol. The van der Waals surface area contributed by atoms with Gasteiger partial charge in [-0.1, -0.05) is 0 Å². The summed E-state index contributed by atoms with van der Waals surface area (Å²) in [6.07, 6.45) is 1.52. The van der Waals surface area contributed by atoms with Gasteiger partial charge in [0.05, 0.1) is 12.2 Å². The van der Waals surface area contributed by atoms with Crippen LogP contribution in [0.3, 0.4) is 0 Å². The van der Waals surface area contributed by atoms with Gasteiger partial charge in [0, 0.05) is 26.8 Å². The average Bonchev–Trinajstić information content (AvgIpc) is 2.28. The zero-order valence-electron chi connectivity index (χ0n) is 8.90. The first-order valence-corrected chi connectivity index (χ1v) is 4.69. The van der Waals surface area contributed by atoms with E-state index in [2.05, 4.69) is 10.3 Å². The van der Waals surface area contributed by atoms with E-state index in [4.69, 9.17) is 5.11 Å². The molecule has 0 unspecified atom stereocenters. The van der Waals surface area contributed by atoms with Crippen LogP contribution in [0.4, 0.5) is 5.82 Å². The van der Waals surface area contributed by atoms with E-state index in [-0.39, 0.29) is 12.5 Å². The maximum Gasteiger partial charge on any atom is 0.255 e. The quantitative estimate of drug-likeness (QED) is 0.742. The lowest BCUT2D eigenvalue weighted by Crippen LogP contribution is -2.29. The Hall–Kier alpha value is -1.62. The molecule has 0 aliphatic rings. The summed E-state index contributed by atoms with van der Waals surface area (Å²) in [6.45, 7) is 0.289. The first kappa shape index (κ1) is 11.5. The molecule has 1 amide bonds. The molecule has 1 aromatic rings. The SMILES string of the molecule is CNc1ccc(C(=O)N(C)CCO)cn1. The van der Waals surface area contributed by atoms with Gasteiger partial charge >= 0.3 is 0 Å². The first-order chi connectivity index (χ1) is 7.19. The maximum atomic E-state index is 11.7. The zero-order valence-corrected chi connectivity index (χ0v) is 8.90. The Labute approximate surface area is 88.7 Å². The predicted molar refractivity (Wildman–Crippen MR) is 57.8 cm³/mol. The summed E-state index contributed by atoms with van der Waals surface area (Å²) < 4.78 is 0. The number of nitrogens with one attached hydrogen (secondary N) is 1. The van der Waals surface area contributed by atoms with Crippen molar-refractivity contribution in [3.8, 4) is 0 Å². The second-order valence-electron chi connectivity index (χ2n) is 3.13. The fourth-order valence-electron chi connectivity index (χ4n) is 1.14. The molecule has 0 aromatic carbocycles. The number of carbonyl (C=O) groups is 1. The third kappa shape index (κ3) is 2.92. The largest absolute Gasteiger partial charge is 0.395 e. The van der Waals surface area contributed by atoms with Crippen molar-refractivity contribution < 1.29 is 9.90 Å². The molecule has 0 radical (unpaired) electrons. The monoisotopic (exact) mass is 209 g/mol. The Kier molecular flexibility index (Phi) is 4.05. The van der Waals surface area contributed by atoms with Gasteiger partial charge in [0.15, 0.2) is 0 Å². The smallest absolute Gasteiger partial charge is 0.255 e. The van der Waals surface area contributed by atoms with Crippen molar-refractivity contribution in [1.82, 2.24) is 9.88 Å². The van der Waals surface area contributed by atoms with Crippen molar-refractivity contribution in [2.45, 2.75) is 0 Å². The number of amides is 1. The highest BCUT2D eigenvalue weighted by atomic mass is 16.3. The van der Waals surface area contributed by atoms with Gasteiger partial charge in [-0.3, -0.25) is 4.79 Å². The molecule has 0 saturated heterocycles. The van der Waals surface area contributed by atoms with Gasteiger partial charge in [-0.05, 0) is 12.1 Å². The van der Waals surface area contributed by atoms with Crippen molar-refractivity contribution in [2.75, 3.05) is 32.6 Å². The topological polar surface area (TPSA) is 65.5 Å². The molecule has 82 valence electrons. The van der Waals surface area contributed by atoms with Crippen LogP contribution in [-0.2, 0) is 0 Å². The summed E-state index contributed by atoms with van der Waals surface area (Å²) in [7, 11) is 3.41. The minimum Gasteiger partial charge on any atom is -0.395 e. The van der Waals surface area contributed by atoms with E-state index in [1.807, 2.05) is 0 Å². The molecule has 1 aromatic heterocycles. The molecule has 0 spiro atoms. The van der Waals surface area contributed by atoms with Crippen LogP contribution in [0.5, 0.6) is 0 Å². The third-order valence-electron chi connectivity index (χ3n) is 2.05. The number of hydrogen-bond acceptors (Lipinski definition) is 4. The van der Waals surface area contributed by atoms with Gasteiger partial charge in [0.25, 0.3) is 5.91 Å². The van der Waals surface area contributed by atoms with Crippen molar-refractivity contribution in [3.63, 3.8) is 0 Å². The molecule has 1 heterocycles. The van der Waals surface area contributed by atoms with E-state index in [9.17, 15) is 4.79 Å². The van der Waals surface area contributed by atoms with Crippen LogP contribution >= 0.6 is 0 Å². The van der Waals surface area contributed by atoms with Gasteiger partial charge in [-0.25, -0.2) is 4.98 Å². The fourth-order valence-corrected chi connectivity index (χ4v) is 1.14. The number of hydrogen-bond donors (Lipinski definition) is 2. The van der Waals surface area contributed by atoms with E-state index in [0.29, 0.717) is 12.1 Å². The standard InChI is InChI=1S/C10H15N3O2/c1-11-9-4-3-8(7-12-9)10(15)13(2)5-6-14/h3-4,7,14H,5-6H2,1-2H3,(H,11,12). The average molecular weight is 209 g/mol. The highest BCUT2D eigenvalue weighted by Gasteiger charge is 2.10. The lowest BCUT2D eigenvalue weighted by Gasteiger charge is -2.15. The molecule has 2 N–H and O–H groups in total. The van der Waals surface area contributed by atoms with Crippen LogP contribution in [-0.4, -0.2) is 48.1 Å². The Morgan fingerprint density at radius 1 is 1.60 bits per heavy atom. The highest BCUT2D eigenvalue weighted by Crippen LogP contribution is 2.06. The van der Waals surface area contributed by atoms with E-state index in [1.54, 1.807) is 26.2 Å². The van der Waals surface area contributed by atoms with Gasteiger partial charge in [0.1, 0.15) is 5.82 Å². The number of aliphatic hydroxyl groups is 1. The number of rotatable bonds is 4. The van der Waals surface area contributed by atoms with Crippen molar-refractivity contribution >= 4 is 11.7 Å². The second-order valence-corrected chi connectivity index (χ2v) is 3.13. The van der Waals surface area contributed by atoms with Crippen LogP contribution in [0.15, 0.2) is 18.3 Å². The van der Waals surface area contributed by atoms with Gasteiger partial charge < -0.3 is 15.3 Å². The summed E-state index contributed by atoms with van der Waals surface area (Å²) in [4.78, 5) is 17.2. The van der Waals surface area contributed by atoms with Crippen LogP contribution in [0.25, 0.3) is 0 Å². The molecule has 0 fully saturated rings. The maximum absolute atomic E-state index is 11.7. The van der Waals surface area contributed by atoms with E-state index in [0.717, 1.165) is 5.82 Å². The third-order valence-corrected chi connectivity index (χ3v) is 2.05. The molecule has 1 rings (SSSR count). The molecule has 5 heteroatoms. The summed E-state index contributed by atoms with van der Waals surface area (Å²) in [5.74, 6) is 0.579. The van der Waals surface area contributed by atoms with Crippen molar-refractivity contribution in [1.29, 1.82) is 0 Å². The summed E-state index contributed by atoms with van der Waals surface area (Å²) >= 11 is 0. The fraction of sp³-hybridized carbons (Fsp3) is 0.400. The molecule has 5 nitrogen and oxygen atoms in total. The number of nitrogens with zero attached hydrogens (tertiary/aromatic N) is 2. The van der Waals surface area contributed by atoms with Crippen LogP contribution in [0, 0.1) is 0 Å². The summed E-state index contributed by atoms with van der Waals surface area (Å²) in [5.41, 5.74) is 0.518. The molecule has 0 aliphatic carbocycles. The van der Waals surface area contributed by atoms with E-state index < -0.39 is 0 Å². The Bertz CT molecular complexity index is 324. The molecule has 0 saturated carbocycles. The van der Waals surface area contributed by atoms with Crippen LogP contribution in [0.1, 0.15) is 10.4 Å². The minimum atomic E-state index is -0.140. The summed E-state index contributed by atoms with van der Waals surface area (Å²) in [5, 5.41) is 11.6. The normalized spacial score (nSPS) is 9.80. The number of aliphatic hydroxyl groups excluding tert-OH is 1. The lowest BCUT2D eigenvalue weighted by molar-refractivity contribution is 0.0766. The lowest BCUT2D eigenvalue weighted by atomic mass is 10.2. The molecular formula is C10H15N3O2. The van der Waals surface area contributed by atoms with Gasteiger partial charge in [0.2, 0.25) is 0 Å². The summed E-state index contributed by atoms with van der Waals surface area (Å²) in [6, 6.07) is 3.44. The minimum absolute atomic E-state index is 0.0374. The number of aromatic nitrogens is 1. The second kappa shape index (κ2) is 5.31. The zero-order chi connectivity index (χ0) is 11.3. The molecule has 0 aliphatic heterocycles.